The second-order valence-electron chi connectivity index (χ2n) is 5.81. The van der Waals surface area contributed by atoms with E-state index in [0.29, 0.717) is 11.0 Å². The second kappa shape index (κ2) is 7.49. The first-order valence-electron chi connectivity index (χ1n) is 8.14. The molecule has 1 heterocycles. The van der Waals surface area contributed by atoms with Crippen molar-refractivity contribution in [3.63, 3.8) is 0 Å². The molecule has 2 aromatic carbocycles. The minimum atomic E-state index is 0.453. The summed E-state index contributed by atoms with van der Waals surface area (Å²) in [6.07, 6.45) is 1.67. The van der Waals surface area contributed by atoms with Crippen LogP contribution in [-0.2, 0) is 0 Å². The fourth-order valence-corrected chi connectivity index (χ4v) is 2.87. The number of nitrogens with zero attached hydrogens (tertiary/aromatic N) is 4. The molecule has 0 amide bonds. The highest BCUT2D eigenvalue weighted by atomic mass is 35.5. The largest absolute Gasteiger partial charge is 0.325 e. The molecule has 3 aromatic rings. The Morgan fingerprint density at radius 2 is 1.96 bits per heavy atom. The minimum Gasteiger partial charge on any atom is -0.325 e. The van der Waals surface area contributed by atoms with Gasteiger partial charge in [-0.25, -0.2) is 0 Å². The molecule has 1 N–H and O–H groups in total. The highest BCUT2D eigenvalue weighted by Gasteiger charge is 2.11. The van der Waals surface area contributed by atoms with Gasteiger partial charge in [0.25, 0.3) is 0 Å². The molecule has 0 atom stereocenters. The highest BCUT2D eigenvalue weighted by molar-refractivity contribution is 6.30. The first-order valence-corrected chi connectivity index (χ1v) is 8.51. The Morgan fingerprint density at radius 1 is 1.12 bits per heavy atom. The molecule has 0 radical (unpaired) electrons. The molecule has 128 valence electrons. The SMILES string of the molecule is CCN(c1cccc(C)c1)c1cnnc(Nc2ccc(Cl)cc2C)n1. The van der Waals surface area contributed by atoms with Gasteiger partial charge in [0.15, 0.2) is 5.82 Å². The van der Waals surface area contributed by atoms with Gasteiger partial charge >= 0.3 is 0 Å². The van der Waals surface area contributed by atoms with Crippen molar-refractivity contribution in [1.29, 1.82) is 0 Å². The number of aryl methyl sites for hydroxylation is 2. The monoisotopic (exact) mass is 353 g/mol. The van der Waals surface area contributed by atoms with Crippen LogP contribution in [-0.4, -0.2) is 21.7 Å². The van der Waals surface area contributed by atoms with Gasteiger partial charge in [0.05, 0.1) is 6.20 Å². The van der Waals surface area contributed by atoms with Gasteiger partial charge in [-0.3, -0.25) is 0 Å². The lowest BCUT2D eigenvalue weighted by Gasteiger charge is -2.22. The Balaban J connectivity index is 1.90. The van der Waals surface area contributed by atoms with Crippen LogP contribution in [0.25, 0.3) is 0 Å². The van der Waals surface area contributed by atoms with E-state index in [2.05, 4.69) is 57.4 Å². The molecule has 0 fully saturated rings. The minimum absolute atomic E-state index is 0.453. The molecule has 0 aliphatic rings. The number of anilines is 4. The predicted molar refractivity (Wildman–Crippen MR) is 103 cm³/mol. The van der Waals surface area contributed by atoms with Crippen LogP contribution in [0.5, 0.6) is 0 Å². The van der Waals surface area contributed by atoms with Gasteiger partial charge in [-0.05, 0) is 62.2 Å². The van der Waals surface area contributed by atoms with Crippen molar-refractivity contribution < 1.29 is 0 Å². The van der Waals surface area contributed by atoms with Crippen LogP contribution >= 0.6 is 11.6 Å². The van der Waals surface area contributed by atoms with Gasteiger partial charge in [-0.1, -0.05) is 23.7 Å². The van der Waals surface area contributed by atoms with Crippen LogP contribution in [0, 0.1) is 13.8 Å². The van der Waals surface area contributed by atoms with Gasteiger partial charge in [-0.2, -0.15) is 10.1 Å². The second-order valence-corrected chi connectivity index (χ2v) is 6.24. The molecule has 25 heavy (non-hydrogen) atoms. The number of benzene rings is 2. The first-order chi connectivity index (χ1) is 12.1. The normalized spacial score (nSPS) is 10.6. The summed E-state index contributed by atoms with van der Waals surface area (Å²) in [6, 6.07) is 13.9. The van der Waals surface area contributed by atoms with E-state index in [-0.39, 0.29) is 0 Å². The summed E-state index contributed by atoms with van der Waals surface area (Å²) in [5, 5.41) is 12.1. The van der Waals surface area contributed by atoms with E-state index in [0.717, 1.165) is 29.3 Å². The molecule has 0 saturated carbocycles. The van der Waals surface area contributed by atoms with Crippen molar-refractivity contribution in [3.8, 4) is 0 Å². The molecule has 0 bridgehead atoms. The quantitative estimate of drug-likeness (QED) is 0.696. The first kappa shape index (κ1) is 17.2. The lowest BCUT2D eigenvalue weighted by Crippen LogP contribution is -2.18. The summed E-state index contributed by atoms with van der Waals surface area (Å²) >= 11 is 6.01. The Bertz CT molecular complexity index is 881. The smallest absolute Gasteiger partial charge is 0.249 e. The van der Waals surface area contributed by atoms with E-state index in [9.17, 15) is 0 Å². The molecular formula is C19H20ClN5. The molecule has 5 nitrogen and oxygen atoms in total. The lowest BCUT2D eigenvalue weighted by atomic mass is 10.2. The summed E-state index contributed by atoms with van der Waals surface area (Å²) in [6.45, 7) is 6.92. The Morgan fingerprint density at radius 3 is 2.68 bits per heavy atom. The van der Waals surface area contributed by atoms with E-state index < -0.39 is 0 Å². The van der Waals surface area contributed by atoms with Crippen molar-refractivity contribution in [2.45, 2.75) is 20.8 Å². The average molecular weight is 354 g/mol. The molecular weight excluding hydrogens is 334 g/mol. The molecule has 1 aromatic heterocycles. The van der Waals surface area contributed by atoms with E-state index in [1.54, 1.807) is 6.20 Å². The van der Waals surface area contributed by atoms with E-state index in [1.807, 2.05) is 31.2 Å². The summed E-state index contributed by atoms with van der Waals surface area (Å²) in [5.41, 5.74) is 4.21. The summed E-state index contributed by atoms with van der Waals surface area (Å²) in [4.78, 5) is 6.72. The lowest BCUT2D eigenvalue weighted by molar-refractivity contribution is 0.921. The number of rotatable bonds is 5. The molecule has 0 aliphatic heterocycles. The molecule has 0 aliphatic carbocycles. The van der Waals surface area contributed by atoms with Gasteiger partial charge in [0, 0.05) is 22.9 Å². The highest BCUT2D eigenvalue weighted by Crippen LogP contribution is 2.26. The topological polar surface area (TPSA) is 53.9 Å². The average Bonchev–Trinajstić information content (AvgIpc) is 2.59. The predicted octanol–water partition coefficient (Wildman–Crippen LogP) is 5.04. The molecule has 0 unspecified atom stereocenters. The molecule has 0 saturated heterocycles. The van der Waals surface area contributed by atoms with Crippen LogP contribution in [0.4, 0.5) is 23.1 Å². The number of aromatic nitrogens is 3. The number of halogens is 1. The van der Waals surface area contributed by atoms with Gasteiger partial charge in [0.2, 0.25) is 5.95 Å². The van der Waals surface area contributed by atoms with E-state index >= 15 is 0 Å². The standard InChI is InChI=1S/C19H20ClN5/c1-4-25(16-7-5-6-13(2)10-16)18-12-21-24-19(23-18)22-17-9-8-15(20)11-14(17)3/h5-12H,4H2,1-3H3,(H,22,23,24). The fourth-order valence-electron chi connectivity index (χ4n) is 2.64. The van der Waals surface area contributed by atoms with Crippen LogP contribution in [0.1, 0.15) is 18.1 Å². The fraction of sp³-hybridized carbons (Fsp3) is 0.211. The summed E-state index contributed by atoms with van der Waals surface area (Å²) < 4.78 is 0. The summed E-state index contributed by atoms with van der Waals surface area (Å²) in [5.74, 6) is 1.20. The van der Waals surface area contributed by atoms with Gasteiger partial charge in [0.1, 0.15) is 0 Å². The van der Waals surface area contributed by atoms with Crippen LogP contribution in [0.3, 0.4) is 0 Å². The maximum atomic E-state index is 6.01. The molecule has 3 rings (SSSR count). The van der Waals surface area contributed by atoms with E-state index in [1.165, 1.54) is 5.56 Å². The van der Waals surface area contributed by atoms with Crippen molar-refractivity contribution in [1.82, 2.24) is 15.2 Å². The number of nitrogens with one attached hydrogen (secondary N) is 1. The van der Waals surface area contributed by atoms with Gasteiger partial charge in [-0.15, -0.1) is 5.10 Å². The van der Waals surface area contributed by atoms with Gasteiger partial charge < -0.3 is 10.2 Å². The maximum absolute atomic E-state index is 6.01. The third-order valence-electron chi connectivity index (χ3n) is 3.89. The Kier molecular flexibility index (Phi) is 5.14. The van der Waals surface area contributed by atoms with Crippen LogP contribution in [0.2, 0.25) is 5.02 Å². The van der Waals surface area contributed by atoms with Crippen LogP contribution < -0.4 is 10.2 Å². The molecule has 0 spiro atoms. The number of hydrogen-bond donors (Lipinski definition) is 1. The van der Waals surface area contributed by atoms with Crippen molar-refractivity contribution in [2.24, 2.45) is 0 Å². The van der Waals surface area contributed by atoms with Crippen molar-refractivity contribution >= 4 is 34.7 Å². The number of hydrogen-bond acceptors (Lipinski definition) is 5. The van der Waals surface area contributed by atoms with Crippen molar-refractivity contribution in [3.05, 3.63) is 64.8 Å². The molecule has 6 heteroatoms. The zero-order chi connectivity index (χ0) is 17.8. The third kappa shape index (κ3) is 4.06. The van der Waals surface area contributed by atoms with Crippen LogP contribution in [0.15, 0.2) is 48.7 Å². The third-order valence-corrected chi connectivity index (χ3v) is 4.12. The van der Waals surface area contributed by atoms with E-state index in [4.69, 9.17) is 11.6 Å². The Labute approximate surface area is 152 Å². The zero-order valence-electron chi connectivity index (χ0n) is 14.5. The zero-order valence-corrected chi connectivity index (χ0v) is 15.2. The summed E-state index contributed by atoms with van der Waals surface area (Å²) in [7, 11) is 0. The van der Waals surface area contributed by atoms with Crippen molar-refractivity contribution in [2.75, 3.05) is 16.8 Å². The Hall–Kier alpha value is -2.66. The maximum Gasteiger partial charge on any atom is 0.249 e.